The zero-order valence-corrected chi connectivity index (χ0v) is 10.7. The molecule has 2 aromatic rings. The lowest BCUT2D eigenvalue weighted by atomic mass is 10.0. The molecule has 0 unspecified atom stereocenters. The van der Waals surface area contributed by atoms with E-state index in [1.54, 1.807) is 6.92 Å². The molecule has 0 radical (unpaired) electrons. The monoisotopic (exact) mass is 246 g/mol. The van der Waals surface area contributed by atoms with Crippen molar-refractivity contribution in [3.63, 3.8) is 0 Å². The Balaban J connectivity index is 2.26. The molecule has 0 bridgehead atoms. The summed E-state index contributed by atoms with van der Waals surface area (Å²) in [6, 6.07) is 7.40. The van der Waals surface area contributed by atoms with E-state index in [1.165, 1.54) is 0 Å². The van der Waals surface area contributed by atoms with Crippen LogP contribution in [0.2, 0.25) is 0 Å². The second-order valence-electron chi connectivity index (χ2n) is 4.34. The fourth-order valence-electron chi connectivity index (χ4n) is 2.15. The Hall–Kier alpha value is -1.81. The zero-order chi connectivity index (χ0) is 13.1. The van der Waals surface area contributed by atoms with Crippen molar-refractivity contribution < 1.29 is 9.53 Å². The average Bonchev–Trinajstić information content (AvgIpc) is 2.66. The maximum absolute atomic E-state index is 11.6. The topological polar surface area (TPSA) is 68.1 Å². The quantitative estimate of drug-likeness (QED) is 0.810. The summed E-state index contributed by atoms with van der Waals surface area (Å²) in [6.07, 6.45) is 0.495. The van der Waals surface area contributed by atoms with Crippen molar-refractivity contribution in [1.29, 1.82) is 0 Å². The van der Waals surface area contributed by atoms with Crippen molar-refractivity contribution in [3.8, 4) is 0 Å². The molecule has 4 heteroatoms. The number of ether oxygens (including phenoxy) is 1. The summed E-state index contributed by atoms with van der Waals surface area (Å²) in [4.78, 5) is 14.9. The van der Waals surface area contributed by atoms with Crippen LogP contribution in [-0.2, 0) is 16.0 Å². The first-order chi connectivity index (χ1) is 8.63. The van der Waals surface area contributed by atoms with Crippen molar-refractivity contribution in [2.24, 2.45) is 5.73 Å². The Morgan fingerprint density at radius 3 is 2.89 bits per heavy atom. The maximum Gasteiger partial charge on any atom is 0.323 e. The zero-order valence-electron chi connectivity index (χ0n) is 10.7. The minimum Gasteiger partial charge on any atom is -0.465 e. The van der Waals surface area contributed by atoms with Crippen LogP contribution in [0.1, 0.15) is 18.2 Å². The molecule has 0 saturated carbocycles. The molecule has 1 atom stereocenters. The largest absolute Gasteiger partial charge is 0.465 e. The van der Waals surface area contributed by atoms with Gasteiger partial charge in [-0.2, -0.15) is 0 Å². The van der Waals surface area contributed by atoms with Crippen LogP contribution in [0.3, 0.4) is 0 Å². The fourth-order valence-corrected chi connectivity index (χ4v) is 2.15. The molecule has 1 aromatic carbocycles. The Kier molecular flexibility index (Phi) is 3.67. The van der Waals surface area contributed by atoms with Crippen molar-refractivity contribution in [1.82, 2.24) is 4.98 Å². The number of esters is 1. The highest BCUT2D eigenvalue weighted by atomic mass is 16.5. The van der Waals surface area contributed by atoms with Crippen LogP contribution in [0.15, 0.2) is 24.3 Å². The Morgan fingerprint density at radius 2 is 2.17 bits per heavy atom. The molecule has 18 heavy (non-hydrogen) atoms. The fraction of sp³-hybridized carbons (Fsp3) is 0.357. The maximum atomic E-state index is 11.6. The van der Waals surface area contributed by atoms with Gasteiger partial charge >= 0.3 is 5.97 Å². The first-order valence-electron chi connectivity index (χ1n) is 6.12. The second kappa shape index (κ2) is 5.23. The number of carbonyl (C=O) groups excluding carboxylic acids is 1. The smallest absolute Gasteiger partial charge is 0.323 e. The van der Waals surface area contributed by atoms with Gasteiger partial charge in [-0.15, -0.1) is 0 Å². The van der Waals surface area contributed by atoms with Crippen LogP contribution in [0.25, 0.3) is 10.9 Å². The number of aromatic amines is 1. The second-order valence-corrected chi connectivity index (χ2v) is 4.34. The molecule has 96 valence electrons. The highest BCUT2D eigenvalue weighted by Crippen LogP contribution is 2.22. The predicted molar refractivity (Wildman–Crippen MR) is 71.3 cm³/mol. The number of hydrogen-bond acceptors (Lipinski definition) is 3. The lowest BCUT2D eigenvalue weighted by Gasteiger charge is -2.10. The third kappa shape index (κ3) is 2.38. The van der Waals surface area contributed by atoms with Crippen molar-refractivity contribution in [2.75, 3.05) is 6.61 Å². The molecule has 0 aliphatic carbocycles. The van der Waals surface area contributed by atoms with Gasteiger partial charge in [0.15, 0.2) is 0 Å². The van der Waals surface area contributed by atoms with E-state index in [1.807, 2.05) is 31.2 Å². The minimum absolute atomic E-state index is 0.345. The summed E-state index contributed by atoms with van der Waals surface area (Å²) < 4.78 is 4.93. The van der Waals surface area contributed by atoms with Gasteiger partial charge < -0.3 is 15.5 Å². The molecular weight excluding hydrogens is 228 g/mol. The van der Waals surface area contributed by atoms with E-state index in [0.717, 1.165) is 22.2 Å². The number of fused-ring (bicyclic) bond motifs is 1. The van der Waals surface area contributed by atoms with Crippen LogP contribution < -0.4 is 5.73 Å². The normalized spacial score (nSPS) is 12.6. The molecule has 1 heterocycles. The number of hydrogen-bond donors (Lipinski definition) is 2. The van der Waals surface area contributed by atoms with E-state index in [2.05, 4.69) is 4.98 Å². The van der Waals surface area contributed by atoms with Crippen molar-refractivity contribution >= 4 is 16.9 Å². The van der Waals surface area contributed by atoms with Crippen LogP contribution in [0.5, 0.6) is 0 Å². The number of nitrogens with two attached hydrogens (primary N) is 1. The van der Waals surface area contributed by atoms with Crippen LogP contribution >= 0.6 is 0 Å². The van der Waals surface area contributed by atoms with Gasteiger partial charge in [0, 0.05) is 23.0 Å². The van der Waals surface area contributed by atoms with Gasteiger partial charge in [-0.25, -0.2) is 0 Å². The summed E-state index contributed by atoms with van der Waals surface area (Å²) in [5.74, 6) is -0.345. The van der Waals surface area contributed by atoms with Gasteiger partial charge in [-0.1, -0.05) is 18.2 Å². The molecule has 0 amide bonds. The van der Waals surface area contributed by atoms with E-state index >= 15 is 0 Å². The third-order valence-corrected chi connectivity index (χ3v) is 3.04. The number of rotatable bonds is 4. The molecule has 4 nitrogen and oxygen atoms in total. The Bertz CT molecular complexity index is 560. The molecule has 0 spiro atoms. The Morgan fingerprint density at radius 1 is 1.44 bits per heavy atom. The lowest BCUT2D eigenvalue weighted by molar-refractivity contribution is -0.144. The molecule has 0 fully saturated rings. The number of aromatic nitrogens is 1. The first kappa shape index (κ1) is 12.6. The summed E-state index contributed by atoms with van der Waals surface area (Å²) in [5, 5.41) is 1.12. The predicted octanol–water partition coefficient (Wildman–Crippen LogP) is 1.91. The number of aryl methyl sites for hydroxylation is 1. The van der Waals surface area contributed by atoms with Gasteiger partial charge in [0.1, 0.15) is 6.04 Å². The summed E-state index contributed by atoms with van der Waals surface area (Å²) in [5.41, 5.74) is 9.08. The van der Waals surface area contributed by atoms with Crippen molar-refractivity contribution in [2.45, 2.75) is 26.3 Å². The number of nitrogens with one attached hydrogen (secondary N) is 1. The molecule has 0 saturated heterocycles. The molecule has 0 aliphatic heterocycles. The third-order valence-electron chi connectivity index (χ3n) is 3.04. The highest BCUT2D eigenvalue weighted by molar-refractivity contribution is 5.85. The average molecular weight is 246 g/mol. The number of carbonyl (C=O) groups is 1. The van der Waals surface area contributed by atoms with Crippen molar-refractivity contribution in [3.05, 3.63) is 35.5 Å². The van der Waals surface area contributed by atoms with Gasteiger partial charge in [0.25, 0.3) is 0 Å². The minimum atomic E-state index is -0.608. The number of H-pyrrole nitrogens is 1. The summed E-state index contributed by atoms with van der Waals surface area (Å²) in [6.45, 7) is 4.13. The van der Waals surface area contributed by atoms with Gasteiger partial charge in [-0.05, 0) is 25.5 Å². The number of para-hydroxylation sites is 1. The van der Waals surface area contributed by atoms with E-state index in [9.17, 15) is 4.79 Å². The molecule has 3 N–H and O–H groups in total. The molecule has 2 rings (SSSR count). The van der Waals surface area contributed by atoms with Crippen LogP contribution in [0.4, 0.5) is 0 Å². The van der Waals surface area contributed by atoms with Gasteiger partial charge in [0.05, 0.1) is 6.61 Å². The summed E-state index contributed by atoms with van der Waals surface area (Å²) in [7, 11) is 0. The lowest BCUT2D eigenvalue weighted by Crippen LogP contribution is -2.34. The molecule has 0 aliphatic rings. The standard InChI is InChI=1S/C14H18N2O2/c1-3-18-14(17)12(15)8-11-9(2)16-13-7-5-4-6-10(11)13/h4-7,12,16H,3,8,15H2,1-2H3/t12-/m0/s1. The van der Waals surface area contributed by atoms with Gasteiger partial charge in [0.2, 0.25) is 0 Å². The van der Waals surface area contributed by atoms with E-state index in [0.29, 0.717) is 13.0 Å². The molecular formula is C14H18N2O2. The first-order valence-corrected chi connectivity index (χ1v) is 6.12. The SMILES string of the molecule is CCOC(=O)[C@@H](N)Cc1c(C)[nH]c2ccccc12. The van der Waals surface area contributed by atoms with Crippen LogP contribution in [-0.4, -0.2) is 23.6 Å². The summed E-state index contributed by atoms with van der Waals surface area (Å²) >= 11 is 0. The van der Waals surface area contributed by atoms with Gasteiger partial charge in [-0.3, -0.25) is 4.79 Å². The van der Waals surface area contributed by atoms with E-state index in [4.69, 9.17) is 10.5 Å². The molecule has 1 aromatic heterocycles. The number of benzene rings is 1. The highest BCUT2D eigenvalue weighted by Gasteiger charge is 2.18. The Labute approximate surface area is 106 Å². The van der Waals surface area contributed by atoms with Crippen LogP contribution in [0, 0.1) is 6.92 Å². The van der Waals surface area contributed by atoms with E-state index in [-0.39, 0.29) is 5.97 Å². The van der Waals surface area contributed by atoms with E-state index < -0.39 is 6.04 Å².